The van der Waals surface area contributed by atoms with Gasteiger partial charge in [0.1, 0.15) is 5.82 Å². The van der Waals surface area contributed by atoms with Crippen molar-refractivity contribution >= 4 is 32.7 Å². The second-order valence-corrected chi connectivity index (χ2v) is 11.5. The van der Waals surface area contributed by atoms with Crippen molar-refractivity contribution in [3.05, 3.63) is 59.8 Å². The van der Waals surface area contributed by atoms with Crippen LogP contribution in [0.2, 0.25) is 0 Å². The van der Waals surface area contributed by atoms with Gasteiger partial charge in [0, 0.05) is 18.5 Å². The molecule has 1 aromatic carbocycles. The Kier molecular flexibility index (Phi) is 6.05. The summed E-state index contributed by atoms with van der Waals surface area (Å²) < 4.78 is 71.1. The van der Waals surface area contributed by atoms with Crippen LogP contribution >= 0.6 is 0 Å². The van der Waals surface area contributed by atoms with Crippen molar-refractivity contribution < 1.29 is 31.5 Å². The van der Waals surface area contributed by atoms with Gasteiger partial charge in [0.15, 0.2) is 11.3 Å². The van der Waals surface area contributed by atoms with Crippen molar-refractivity contribution in [2.75, 3.05) is 0 Å². The van der Waals surface area contributed by atoms with E-state index in [1.165, 1.54) is 28.8 Å². The quantitative estimate of drug-likeness (QED) is 0.363. The number of aryl methyl sites for hydroxylation is 1. The second-order valence-electron chi connectivity index (χ2n) is 9.64. The van der Waals surface area contributed by atoms with E-state index in [1.54, 1.807) is 12.1 Å². The van der Waals surface area contributed by atoms with Gasteiger partial charge in [0.25, 0.3) is 10.0 Å². The topological polar surface area (TPSA) is 107 Å². The standard InChI is InChI=1S/C25H25F3N4O4S/c1-3-16-10-15(12-21(33)34)11-18(16)23-30-22(25(26,27)28)20-13-29-24-19(32(20)23)8-9-31(24)37(35,36)17-6-4-14(2)5-7-17/h4-9,13,15-16,18H,3,10-12H2,1-2H3,(H,33,34)/t15-,16-,18+/m1/s1. The molecular weight excluding hydrogens is 509 g/mol. The Morgan fingerprint density at radius 1 is 1.14 bits per heavy atom. The van der Waals surface area contributed by atoms with Gasteiger partial charge < -0.3 is 5.11 Å². The smallest absolute Gasteiger partial charge is 0.435 e. The van der Waals surface area contributed by atoms with Crippen LogP contribution in [0.4, 0.5) is 13.2 Å². The van der Waals surface area contributed by atoms with Gasteiger partial charge in [-0.3, -0.25) is 9.20 Å². The third-order valence-electron chi connectivity index (χ3n) is 7.25. The van der Waals surface area contributed by atoms with Gasteiger partial charge >= 0.3 is 12.1 Å². The zero-order valence-electron chi connectivity index (χ0n) is 20.1. The lowest BCUT2D eigenvalue weighted by Gasteiger charge is -2.17. The van der Waals surface area contributed by atoms with Crippen LogP contribution in [0.3, 0.4) is 0 Å². The van der Waals surface area contributed by atoms with Gasteiger partial charge in [0.05, 0.1) is 22.1 Å². The highest BCUT2D eigenvalue weighted by Crippen LogP contribution is 2.47. The van der Waals surface area contributed by atoms with Gasteiger partial charge in [-0.05, 0) is 49.8 Å². The molecule has 0 saturated heterocycles. The first-order valence-corrected chi connectivity index (χ1v) is 13.4. The molecule has 0 amide bonds. The molecule has 12 heteroatoms. The molecule has 1 aliphatic rings. The Balaban J connectivity index is 1.72. The maximum Gasteiger partial charge on any atom is 0.435 e. The summed E-state index contributed by atoms with van der Waals surface area (Å²) in [6.07, 6.45) is -0.932. The molecule has 1 saturated carbocycles. The third-order valence-corrected chi connectivity index (χ3v) is 8.93. The number of imidazole rings is 1. The minimum Gasteiger partial charge on any atom is -0.481 e. The summed E-state index contributed by atoms with van der Waals surface area (Å²) in [6, 6.07) is 7.68. The molecule has 1 fully saturated rings. The average molecular weight is 535 g/mol. The van der Waals surface area contributed by atoms with E-state index >= 15 is 0 Å². The number of alkyl halides is 3. The van der Waals surface area contributed by atoms with Crippen molar-refractivity contribution in [1.82, 2.24) is 18.3 Å². The lowest BCUT2D eigenvalue weighted by molar-refractivity contribution is -0.140. The highest BCUT2D eigenvalue weighted by atomic mass is 32.2. The fourth-order valence-corrected chi connectivity index (χ4v) is 6.83. The van der Waals surface area contributed by atoms with Crippen LogP contribution in [-0.2, 0) is 21.0 Å². The SMILES string of the molecule is CC[C@@H]1C[C@@H](CC(=O)O)C[C@@H]1c1nc(C(F)(F)F)c2cnc3c(ccn3S(=O)(=O)c3ccc(C)cc3)n12. The van der Waals surface area contributed by atoms with E-state index in [1.807, 2.05) is 13.8 Å². The number of hydrogen-bond donors (Lipinski definition) is 1. The largest absolute Gasteiger partial charge is 0.481 e. The third kappa shape index (κ3) is 4.26. The van der Waals surface area contributed by atoms with E-state index in [4.69, 9.17) is 0 Å². The highest BCUT2D eigenvalue weighted by Gasteiger charge is 2.42. The van der Waals surface area contributed by atoms with Crippen LogP contribution in [-0.4, -0.2) is 37.8 Å². The zero-order valence-corrected chi connectivity index (χ0v) is 20.9. The van der Waals surface area contributed by atoms with Crippen LogP contribution in [0, 0.1) is 18.8 Å². The van der Waals surface area contributed by atoms with Crippen LogP contribution < -0.4 is 0 Å². The van der Waals surface area contributed by atoms with Crippen molar-refractivity contribution in [1.29, 1.82) is 0 Å². The van der Waals surface area contributed by atoms with Gasteiger partial charge in [-0.1, -0.05) is 31.0 Å². The number of fused-ring (bicyclic) bond motifs is 3. The van der Waals surface area contributed by atoms with Crippen molar-refractivity contribution in [3.8, 4) is 0 Å². The van der Waals surface area contributed by atoms with Gasteiger partial charge in [-0.2, -0.15) is 13.2 Å². The lowest BCUT2D eigenvalue weighted by Crippen LogP contribution is -2.13. The molecule has 37 heavy (non-hydrogen) atoms. The number of rotatable bonds is 6. The maximum absolute atomic E-state index is 14.0. The van der Waals surface area contributed by atoms with Crippen LogP contribution in [0.1, 0.15) is 55.6 Å². The Labute approximate surface area is 210 Å². The number of halogens is 3. The van der Waals surface area contributed by atoms with E-state index in [9.17, 15) is 31.5 Å². The summed E-state index contributed by atoms with van der Waals surface area (Å²) in [5, 5.41) is 9.26. The summed E-state index contributed by atoms with van der Waals surface area (Å²) in [6.45, 7) is 3.75. The van der Waals surface area contributed by atoms with E-state index in [-0.39, 0.29) is 45.7 Å². The highest BCUT2D eigenvalue weighted by molar-refractivity contribution is 7.90. The molecule has 4 aromatic rings. The molecule has 0 bridgehead atoms. The molecule has 8 nitrogen and oxygen atoms in total. The van der Waals surface area contributed by atoms with Gasteiger partial charge in [0.2, 0.25) is 0 Å². The molecule has 3 heterocycles. The number of carboxylic acids is 1. The molecule has 0 radical (unpaired) electrons. The fraction of sp³-hybridized carbons (Fsp3) is 0.400. The molecular formula is C25H25F3N4O4S. The molecule has 1 aliphatic carbocycles. The maximum atomic E-state index is 14.0. The Bertz CT molecular complexity index is 1610. The van der Waals surface area contributed by atoms with Gasteiger partial charge in [-0.25, -0.2) is 22.4 Å². The summed E-state index contributed by atoms with van der Waals surface area (Å²) in [7, 11) is -4.07. The van der Waals surface area contributed by atoms with E-state index in [2.05, 4.69) is 9.97 Å². The first-order valence-electron chi connectivity index (χ1n) is 11.9. The number of nitrogens with zero attached hydrogens (tertiary/aromatic N) is 4. The summed E-state index contributed by atoms with van der Waals surface area (Å²) in [5.41, 5.74) is -0.321. The van der Waals surface area contributed by atoms with Crippen molar-refractivity contribution in [2.45, 2.75) is 56.5 Å². The monoisotopic (exact) mass is 534 g/mol. The average Bonchev–Trinajstić information content (AvgIpc) is 3.52. The molecule has 0 unspecified atom stereocenters. The number of aliphatic carboxylic acids is 1. The number of carbonyl (C=O) groups is 1. The number of carboxylic acid groups (broad SMARTS) is 1. The molecule has 1 N–H and O–H groups in total. The zero-order chi connectivity index (χ0) is 26.7. The second kappa shape index (κ2) is 8.86. The van der Waals surface area contributed by atoms with Crippen LogP contribution in [0.5, 0.6) is 0 Å². The molecule has 0 spiro atoms. The first-order chi connectivity index (χ1) is 17.4. The predicted molar refractivity (Wildman–Crippen MR) is 129 cm³/mol. The summed E-state index contributed by atoms with van der Waals surface area (Å²) >= 11 is 0. The lowest BCUT2D eigenvalue weighted by atomic mass is 9.93. The predicted octanol–water partition coefficient (Wildman–Crippen LogP) is 5.24. The Morgan fingerprint density at radius 2 is 1.84 bits per heavy atom. The Morgan fingerprint density at radius 3 is 2.46 bits per heavy atom. The minimum atomic E-state index is -4.75. The Hall–Kier alpha value is -3.41. The van der Waals surface area contributed by atoms with Crippen LogP contribution in [0.25, 0.3) is 16.7 Å². The minimum absolute atomic E-state index is 0.0198. The normalized spacial score (nSPS) is 20.7. The molecule has 3 atom stereocenters. The summed E-state index contributed by atoms with van der Waals surface area (Å²) in [5.74, 6) is -1.45. The first kappa shape index (κ1) is 25.2. The van der Waals surface area contributed by atoms with E-state index < -0.39 is 33.8 Å². The molecule has 3 aromatic heterocycles. The van der Waals surface area contributed by atoms with Crippen LogP contribution in [0.15, 0.2) is 47.6 Å². The fourth-order valence-electron chi connectivity index (χ4n) is 5.54. The molecule has 0 aliphatic heterocycles. The van der Waals surface area contributed by atoms with E-state index in [0.29, 0.717) is 19.3 Å². The number of benzene rings is 1. The van der Waals surface area contributed by atoms with E-state index in [0.717, 1.165) is 15.7 Å². The van der Waals surface area contributed by atoms with Gasteiger partial charge in [-0.15, -0.1) is 0 Å². The van der Waals surface area contributed by atoms with Crippen molar-refractivity contribution in [2.24, 2.45) is 11.8 Å². The number of aromatic nitrogens is 4. The number of hydrogen-bond acceptors (Lipinski definition) is 5. The molecule has 5 rings (SSSR count). The molecule has 196 valence electrons. The summed E-state index contributed by atoms with van der Waals surface area (Å²) in [4.78, 5) is 19.5. The van der Waals surface area contributed by atoms with Crippen molar-refractivity contribution in [3.63, 3.8) is 0 Å².